The van der Waals surface area contributed by atoms with Crippen LogP contribution in [0.4, 0.5) is 13.2 Å². The number of fused-ring (bicyclic) bond motifs is 1. The molecule has 1 atom stereocenters. The van der Waals surface area contributed by atoms with Crippen molar-refractivity contribution in [3.63, 3.8) is 0 Å². The van der Waals surface area contributed by atoms with Gasteiger partial charge in [-0.1, -0.05) is 24.3 Å². The molecule has 206 valence electrons. The average Bonchev–Trinajstić information content (AvgIpc) is 3.46. The Labute approximate surface area is 229 Å². The third-order valence-corrected chi connectivity index (χ3v) is 6.35. The average molecular weight is 574 g/mol. The van der Waals surface area contributed by atoms with E-state index in [9.17, 15) is 27.9 Å². The number of carboxylic acids is 1. The second-order valence-corrected chi connectivity index (χ2v) is 8.62. The second kappa shape index (κ2) is 12.6. The van der Waals surface area contributed by atoms with Crippen LogP contribution in [0.1, 0.15) is 56.3 Å². The molecule has 1 aliphatic carbocycles. The van der Waals surface area contributed by atoms with Crippen molar-refractivity contribution in [2.24, 2.45) is 11.5 Å². The van der Waals surface area contributed by atoms with E-state index in [1.807, 2.05) is 0 Å². The van der Waals surface area contributed by atoms with Crippen LogP contribution in [0.25, 0.3) is 5.69 Å². The molecule has 1 amide bonds. The zero-order valence-corrected chi connectivity index (χ0v) is 21.8. The molecule has 0 radical (unpaired) electrons. The van der Waals surface area contributed by atoms with Crippen molar-refractivity contribution in [3.05, 3.63) is 81.7 Å². The number of hydrogen-bond acceptors (Lipinski definition) is 5. The molecule has 1 aliphatic rings. The van der Waals surface area contributed by atoms with Gasteiger partial charge in [-0.05, 0) is 54.2 Å². The number of rotatable bonds is 8. The predicted molar refractivity (Wildman–Crippen MR) is 140 cm³/mol. The smallest absolute Gasteiger partial charge is 0.418 e. The molecule has 1 heterocycles. The summed E-state index contributed by atoms with van der Waals surface area (Å²) in [4.78, 5) is 24.6. The predicted octanol–water partition coefficient (Wildman–Crippen LogP) is 3.74. The van der Waals surface area contributed by atoms with E-state index in [1.54, 1.807) is 24.3 Å². The fraction of sp³-hybridized carbons (Fsp3) is 0.320. The summed E-state index contributed by atoms with van der Waals surface area (Å²) >= 11 is 0. The fourth-order valence-corrected chi connectivity index (χ4v) is 4.55. The number of hydrogen-bond donors (Lipinski definition) is 4. The number of nitrogens with two attached hydrogens (primary N) is 2. The van der Waals surface area contributed by atoms with Crippen LogP contribution >= 0.6 is 24.8 Å². The van der Waals surface area contributed by atoms with Crippen molar-refractivity contribution >= 4 is 36.7 Å². The zero-order chi connectivity index (χ0) is 26.0. The summed E-state index contributed by atoms with van der Waals surface area (Å²) in [6.45, 7) is 0.0270. The van der Waals surface area contributed by atoms with Gasteiger partial charge in [0.25, 0.3) is 5.91 Å². The van der Waals surface area contributed by atoms with Crippen molar-refractivity contribution in [1.82, 2.24) is 15.1 Å². The molecule has 6 N–H and O–H groups in total. The minimum Gasteiger partial charge on any atom is -0.481 e. The van der Waals surface area contributed by atoms with Crippen LogP contribution in [-0.4, -0.2) is 33.3 Å². The van der Waals surface area contributed by atoms with Crippen LogP contribution in [0.2, 0.25) is 0 Å². The van der Waals surface area contributed by atoms with E-state index >= 15 is 0 Å². The largest absolute Gasteiger partial charge is 0.481 e. The third kappa shape index (κ3) is 6.29. The number of alkyl halides is 3. The third-order valence-electron chi connectivity index (χ3n) is 6.35. The molecule has 2 aromatic carbocycles. The van der Waals surface area contributed by atoms with Crippen LogP contribution in [0.3, 0.4) is 0 Å². The molecular formula is C25H28Cl2F3N5O3. The Balaban J connectivity index is 0.00000253. The standard InChI is InChI=1S/C25H26F3N5O3.2ClH/c26-25(27,28)19-10-16(7-8-22(19)33-21-6-2-5-17(21)20(12-30)32-33)23(34)31-13-18(24(35)36)15-4-1-3-14(9-15)11-29;;/h1,3-4,7-10,18H,2,5-6,11-13,29-30H2,(H,31,34)(H,35,36);2*1H. The first kappa shape index (κ1) is 31.1. The highest BCUT2D eigenvalue weighted by molar-refractivity contribution is 5.95. The minimum atomic E-state index is -4.75. The molecule has 8 nitrogen and oxygen atoms in total. The lowest BCUT2D eigenvalue weighted by atomic mass is 9.97. The lowest BCUT2D eigenvalue weighted by molar-refractivity contribution is -0.139. The first-order valence-corrected chi connectivity index (χ1v) is 11.4. The van der Waals surface area contributed by atoms with Crippen molar-refractivity contribution in [2.45, 2.75) is 44.4 Å². The molecule has 0 bridgehead atoms. The maximum atomic E-state index is 14.0. The van der Waals surface area contributed by atoms with Crippen molar-refractivity contribution in [2.75, 3.05) is 6.54 Å². The molecule has 4 rings (SSSR count). The number of benzene rings is 2. The molecule has 0 spiro atoms. The molecule has 1 unspecified atom stereocenters. The minimum absolute atomic E-state index is 0. The monoisotopic (exact) mass is 573 g/mol. The van der Waals surface area contributed by atoms with Crippen LogP contribution < -0.4 is 16.8 Å². The van der Waals surface area contributed by atoms with Gasteiger partial charge in [-0.25, -0.2) is 4.68 Å². The van der Waals surface area contributed by atoms with Gasteiger partial charge in [0.2, 0.25) is 0 Å². The number of halogens is 5. The lowest BCUT2D eigenvalue weighted by Gasteiger charge is -2.17. The quantitative estimate of drug-likeness (QED) is 0.324. The molecule has 3 aromatic rings. The Morgan fingerprint density at radius 1 is 1.08 bits per heavy atom. The Hall–Kier alpha value is -3.12. The number of carbonyl (C=O) groups is 2. The van der Waals surface area contributed by atoms with E-state index in [-0.39, 0.29) is 55.7 Å². The Morgan fingerprint density at radius 3 is 2.45 bits per heavy atom. The molecule has 38 heavy (non-hydrogen) atoms. The van der Waals surface area contributed by atoms with Crippen LogP contribution in [0.5, 0.6) is 0 Å². The second-order valence-electron chi connectivity index (χ2n) is 8.62. The Morgan fingerprint density at radius 2 is 1.82 bits per heavy atom. The highest BCUT2D eigenvalue weighted by Crippen LogP contribution is 2.37. The van der Waals surface area contributed by atoms with Gasteiger partial charge in [0.05, 0.1) is 22.9 Å². The van der Waals surface area contributed by atoms with E-state index in [0.29, 0.717) is 29.8 Å². The number of aromatic nitrogens is 2. The molecule has 0 fully saturated rings. The van der Waals surface area contributed by atoms with Gasteiger partial charge >= 0.3 is 12.1 Å². The molecular weight excluding hydrogens is 546 g/mol. The number of carboxylic acid groups (broad SMARTS) is 1. The highest BCUT2D eigenvalue weighted by Gasteiger charge is 2.36. The van der Waals surface area contributed by atoms with Gasteiger partial charge in [0.1, 0.15) is 0 Å². The van der Waals surface area contributed by atoms with Gasteiger partial charge in [0.15, 0.2) is 0 Å². The summed E-state index contributed by atoms with van der Waals surface area (Å²) in [5.41, 5.74) is 13.2. The first-order chi connectivity index (χ1) is 17.1. The molecule has 0 saturated carbocycles. The number of aliphatic carboxylic acids is 1. The Bertz CT molecular complexity index is 1310. The van der Waals surface area contributed by atoms with Gasteiger partial charge in [0, 0.05) is 30.9 Å². The van der Waals surface area contributed by atoms with Crippen molar-refractivity contribution in [1.29, 1.82) is 0 Å². The summed E-state index contributed by atoms with van der Waals surface area (Å²) in [6, 6.07) is 9.87. The number of carbonyl (C=O) groups excluding carboxylic acids is 1. The summed E-state index contributed by atoms with van der Waals surface area (Å²) in [5, 5.41) is 16.4. The van der Waals surface area contributed by atoms with Gasteiger partial charge in [-0.3, -0.25) is 9.59 Å². The van der Waals surface area contributed by atoms with Crippen LogP contribution in [0.15, 0.2) is 42.5 Å². The van der Waals surface area contributed by atoms with Gasteiger partial charge in [-0.15, -0.1) is 24.8 Å². The molecule has 0 saturated heterocycles. The summed E-state index contributed by atoms with van der Waals surface area (Å²) in [6.07, 6.45) is -2.65. The Kier molecular flexibility index (Phi) is 10.3. The highest BCUT2D eigenvalue weighted by atomic mass is 35.5. The number of amides is 1. The van der Waals surface area contributed by atoms with E-state index in [4.69, 9.17) is 11.5 Å². The fourth-order valence-electron chi connectivity index (χ4n) is 4.55. The number of nitrogens with zero attached hydrogens (tertiary/aromatic N) is 2. The van der Waals surface area contributed by atoms with E-state index < -0.39 is 29.5 Å². The van der Waals surface area contributed by atoms with Crippen molar-refractivity contribution in [3.8, 4) is 5.69 Å². The molecule has 13 heteroatoms. The summed E-state index contributed by atoms with van der Waals surface area (Å²) < 4.78 is 43.4. The topological polar surface area (TPSA) is 136 Å². The lowest BCUT2D eigenvalue weighted by Crippen LogP contribution is -2.32. The SMILES string of the molecule is Cl.Cl.NCc1cccc(C(CNC(=O)c2ccc(-n3nc(CN)c4c3CCC4)c(C(F)(F)F)c2)C(=O)O)c1. The first-order valence-electron chi connectivity index (χ1n) is 11.4. The maximum absolute atomic E-state index is 14.0. The zero-order valence-electron chi connectivity index (χ0n) is 20.1. The van der Waals surface area contributed by atoms with Gasteiger partial charge in [-0.2, -0.15) is 18.3 Å². The molecule has 0 aliphatic heterocycles. The van der Waals surface area contributed by atoms with Crippen LogP contribution in [-0.2, 0) is 36.9 Å². The van der Waals surface area contributed by atoms with Gasteiger partial charge < -0.3 is 21.9 Å². The van der Waals surface area contributed by atoms with Crippen LogP contribution in [0, 0.1) is 0 Å². The summed E-state index contributed by atoms with van der Waals surface area (Å²) in [7, 11) is 0. The van der Waals surface area contributed by atoms with E-state index in [1.165, 1.54) is 16.8 Å². The normalized spacial score (nSPS) is 13.2. The van der Waals surface area contributed by atoms with Crippen molar-refractivity contribution < 1.29 is 27.9 Å². The van der Waals surface area contributed by atoms with E-state index in [2.05, 4.69) is 10.4 Å². The molecule has 1 aromatic heterocycles. The number of nitrogens with one attached hydrogen (secondary N) is 1. The maximum Gasteiger partial charge on any atom is 0.418 e. The van der Waals surface area contributed by atoms with E-state index in [0.717, 1.165) is 23.6 Å². The summed E-state index contributed by atoms with van der Waals surface area (Å²) in [5.74, 6) is -3.09.